The van der Waals surface area contributed by atoms with Crippen LogP contribution in [-0.4, -0.2) is 10.5 Å². The minimum Gasteiger partial charge on any atom is -0.410 e. The third kappa shape index (κ3) is 3.36. The van der Waals surface area contributed by atoms with Crippen molar-refractivity contribution >= 4 is 22.6 Å². The molecular formula is C17H11N3O2S. The van der Waals surface area contributed by atoms with Gasteiger partial charge < -0.3 is 4.74 Å². The van der Waals surface area contributed by atoms with Gasteiger partial charge in [-0.15, -0.1) is 0 Å². The van der Waals surface area contributed by atoms with E-state index in [1.807, 2.05) is 36.4 Å². The van der Waals surface area contributed by atoms with Crippen molar-refractivity contribution < 1.29 is 9.53 Å². The topological polar surface area (TPSA) is 75.0 Å². The maximum Gasteiger partial charge on any atom is 0.417 e. The second-order valence-corrected chi connectivity index (χ2v) is 5.31. The van der Waals surface area contributed by atoms with E-state index in [1.54, 1.807) is 24.3 Å². The van der Waals surface area contributed by atoms with Crippen LogP contribution in [0.1, 0.15) is 5.56 Å². The molecule has 1 aromatic heterocycles. The standard InChI is InChI=1S/C17H11N3O2S/c18-11-14-15(12-7-3-1-4-8-12)20-23-16(14)19-17(21)22-13-9-5-2-6-10-13/h1-10H,(H,19,21). The molecule has 0 radical (unpaired) electrons. The van der Waals surface area contributed by atoms with Crippen molar-refractivity contribution in [1.82, 2.24) is 4.37 Å². The Morgan fingerprint density at radius 2 is 1.74 bits per heavy atom. The summed E-state index contributed by atoms with van der Waals surface area (Å²) in [5, 5.41) is 12.3. The minimum absolute atomic E-state index is 0.325. The number of ether oxygens (including phenoxy) is 1. The second kappa shape index (κ2) is 6.73. The van der Waals surface area contributed by atoms with Crippen LogP contribution in [-0.2, 0) is 0 Å². The van der Waals surface area contributed by atoms with Crippen molar-refractivity contribution in [2.24, 2.45) is 0 Å². The number of hydrogen-bond acceptors (Lipinski definition) is 5. The summed E-state index contributed by atoms with van der Waals surface area (Å²) >= 11 is 1.05. The number of anilines is 1. The molecule has 1 N–H and O–H groups in total. The number of nitrogens with one attached hydrogen (secondary N) is 1. The third-order valence-corrected chi connectivity index (χ3v) is 3.78. The number of hydrogen-bond donors (Lipinski definition) is 1. The highest BCUT2D eigenvalue weighted by atomic mass is 32.1. The van der Waals surface area contributed by atoms with Crippen LogP contribution in [0.5, 0.6) is 5.75 Å². The van der Waals surface area contributed by atoms with Crippen LogP contribution >= 0.6 is 11.5 Å². The number of aromatic nitrogens is 1. The Morgan fingerprint density at radius 3 is 2.39 bits per heavy atom. The maximum absolute atomic E-state index is 11.9. The van der Waals surface area contributed by atoms with Crippen LogP contribution in [0.2, 0.25) is 0 Å². The van der Waals surface area contributed by atoms with E-state index in [-0.39, 0.29) is 0 Å². The third-order valence-electron chi connectivity index (χ3n) is 3.02. The zero-order valence-electron chi connectivity index (χ0n) is 11.9. The molecule has 3 rings (SSSR count). The van der Waals surface area contributed by atoms with Gasteiger partial charge >= 0.3 is 6.09 Å². The van der Waals surface area contributed by atoms with Gasteiger partial charge in [0.1, 0.15) is 28.1 Å². The number of nitrogens with zero attached hydrogens (tertiary/aromatic N) is 2. The van der Waals surface area contributed by atoms with Crippen LogP contribution in [0, 0.1) is 11.3 Å². The van der Waals surface area contributed by atoms with E-state index in [1.165, 1.54) is 0 Å². The van der Waals surface area contributed by atoms with E-state index in [2.05, 4.69) is 15.8 Å². The highest BCUT2D eigenvalue weighted by Crippen LogP contribution is 2.31. The molecule has 0 aliphatic heterocycles. The van der Waals surface area contributed by atoms with Crippen LogP contribution in [0.25, 0.3) is 11.3 Å². The predicted molar refractivity (Wildman–Crippen MR) is 88.4 cm³/mol. The fraction of sp³-hybridized carbons (Fsp3) is 0. The molecule has 5 nitrogen and oxygen atoms in total. The van der Waals surface area contributed by atoms with Crippen LogP contribution in [0.15, 0.2) is 60.7 Å². The Kier molecular flexibility index (Phi) is 4.32. The molecule has 3 aromatic rings. The molecule has 0 unspecified atom stereocenters. The minimum atomic E-state index is -0.657. The van der Waals surface area contributed by atoms with Gasteiger partial charge in [0.15, 0.2) is 0 Å². The zero-order chi connectivity index (χ0) is 16.1. The van der Waals surface area contributed by atoms with E-state index in [4.69, 9.17) is 4.74 Å². The van der Waals surface area contributed by atoms with Gasteiger partial charge in [0.25, 0.3) is 0 Å². The Labute approximate surface area is 136 Å². The van der Waals surface area contributed by atoms with Gasteiger partial charge in [0.2, 0.25) is 0 Å². The Morgan fingerprint density at radius 1 is 1.09 bits per heavy atom. The second-order valence-electron chi connectivity index (χ2n) is 4.54. The van der Waals surface area contributed by atoms with E-state index >= 15 is 0 Å². The lowest BCUT2D eigenvalue weighted by Gasteiger charge is -2.04. The zero-order valence-corrected chi connectivity index (χ0v) is 12.7. The average Bonchev–Trinajstić information content (AvgIpc) is 2.99. The Hall–Kier alpha value is -3.17. The lowest BCUT2D eigenvalue weighted by atomic mass is 10.1. The van der Waals surface area contributed by atoms with Crippen molar-refractivity contribution in [2.45, 2.75) is 0 Å². The van der Waals surface area contributed by atoms with Crippen molar-refractivity contribution in [2.75, 3.05) is 5.32 Å². The summed E-state index contributed by atoms with van der Waals surface area (Å²) in [5.74, 6) is 0.427. The van der Waals surface area contributed by atoms with Crippen molar-refractivity contribution in [3.63, 3.8) is 0 Å². The highest BCUT2D eigenvalue weighted by molar-refractivity contribution is 7.11. The average molecular weight is 321 g/mol. The number of benzene rings is 2. The molecule has 112 valence electrons. The molecule has 0 bridgehead atoms. The van der Waals surface area contributed by atoms with E-state index < -0.39 is 6.09 Å². The normalized spacial score (nSPS) is 9.87. The largest absolute Gasteiger partial charge is 0.417 e. The number of amides is 1. The van der Waals surface area contributed by atoms with Gasteiger partial charge in [-0.05, 0) is 23.7 Å². The number of carbonyl (C=O) groups is 1. The van der Waals surface area contributed by atoms with Crippen molar-refractivity contribution in [3.8, 4) is 23.1 Å². The highest BCUT2D eigenvalue weighted by Gasteiger charge is 2.17. The van der Waals surface area contributed by atoms with Gasteiger partial charge in [-0.2, -0.15) is 9.64 Å². The summed E-state index contributed by atoms with van der Waals surface area (Å²) < 4.78 is 9.42. The number of carbonyl (C=O) groups excluding carboxylic acids is 1. The summed E-state index contributed by atoms with van der Waals surface area (Å²) in [6, 6.07) is 20.1. The first kappa shape index (κ1) is 14.8. The molecule has 2 aromatic carbocycles. The molecule has 6 heteroatoms. The van der Waals surface area contributed by atoms with Gasteiger partial charge in [0.05, 0.1) is 0 Å². The van der Waals surface area contributed by atoms with Crippen LogP contribution < -0.4 is 10.1 Å². The quantitative estimate of drug-likeness (QED) is 0.780. The molecule has 1 heterocycles. The smallest absolute Gasteiger partial charge is 0.410 e. The summed E-state index contributed by atoms with van der Waals surface area (Å²) in [6.07, 6.45) is -0.657. The first-order valence-electron chi connectivity index (χ1n) is 6.77. The van der Waals surface area contributed by atoms with Crippen LogP contribution in [0.3, 0.4) is 0 Å². The van der Waals surface area contributed by atoms with Gasteiger partial charge in [0, 0.05) is 5.56 Å². The van der Waals surface area contributed by atoms with E-state index in [0.717, 1.165) is 17.1 Å². The van der Waals surface area contributed by atoms with Crippen molar-refractivity contribution in [3.05, 3.63) is 66.2 Å². The SMILES string of the molecule is N#Cc1c(-c2ccccc2)nsc1NC(=O)Oc1ccccc1. The van der Waals surface area contributed by atoms with Gasteiger partial charge in [-0.1, -0.05) is 48.5 Å². The molecule has 0 aliphatic carbocycles. The fourth-order valence-corrected chi connectivity index (χ4v) is 2.73. The first-order chi connectivity index (χ1) is 11.3. The molecule has 0 aliphatic rings. The predicted octanol–water partition coefficient (Wildman–Crippen LogP) is 4.29. The summed E-state index contributed by atoms with van der Waals surface area (Å²) in [7, 11) is 0. The lowest BCUT2D eigenvalue weighted by Crippen LogP contribution is -2.16. The van der Waals surface area contributed by atoms with Crippen LogP contribution in [0.4, 0.5) is 9.80 Å². The number of para-hydroxylation sites is 1. The number of rotatable bonds is 3. The molecule has 0 saturated carbocycles. The van der Waals surface area contributed by atoms with E-state index in [9.17, 15) is 10.1 Å². The molecule has 0 atom stereocenters. The monoisotopic (exact) mass is 321 g/mol. The van der Waals surface area contributed by atoms with Gasteiger partial charge in [-0.3, -0.25) is 5.32 Å². The molecular weight excluding hydrogens is 310 g/mol. The van der Waals surface area contributed by atoms with Gasteiger partial charge in [-0.25, -0.2) is 4.79 Å². The molecule has 1 amide bonds. The first-order valence-corrected chi connectivity index (χ1v) is 7.54. The van der Waals surface area contributed by atoms with Crippen molar-refractivity contribution in [1.29, 1.82) is 5.26 Å². The molecule has 23 heavy (non-hydrogen) atoms. The molecule has 0 saturated heterocycles. The molecule has 0 fully saturated rings. The molecule has 0 spiro atoms. The Balaban J connectivity index is 1.80. The maximum atomic E-state index is 11.9. The Bertz CT molecular complexity index is 855. The summed E-state index contributed by atoms with van der Waals surface area (Å²) in [5.41, 5.74) is 1.70. The summed E-state index contributed by atoms with van der Waals surface area (Å²) in [4.78, 5) is 11.9. The lowest BCUT2D eigenvalue weighted by molar-refractivity contribution is 0.215. The fourth-order valence-electron chi connectivity index (χ4n) is 1.99. The summed E-state index contributed by atoms with van der Waals surface area (Å²) in [6.45, 7) is 0. The number of nitriles is 1. The van der Waals surface area contributed by atoms with E-state index in [0.29, 0.717) is 22.0 Å².